The number of allylic oxidation sites excluding steroid dienone is 1. The predicted octanol–water partition coefficient (Wildman–Crippen LogP) is 2.95. The Morgan fingerprint density at radius 2 is 1.92 bits per heavy atom. The minimum atomic E-state index is -1.06. The summed E-state index contributed by atoms with van der Waals surface area (Å²) in [7, 11) is 0. The van der Waals surface area contributed by atoms with Crippen molar-refractivity contribution in [2.24, 2.45) is 5.92 Å². The van der Waals surface area contributed by atoms with Crippen LogP contribution in [-0.2, 0) is 14.3 Å². The number of amides is 2. The molecule has 0 spiro atoms. The van der Waals surface area contributed by atoms with Gasteiger partial charge in [0.25, 0.3) is 0 Å². The lowest BCUT2D eigenvalue weighted by atomic mass is 10.1. The number of alkyl carbamates (subject to hydrolysis) is 1. The van der Waals surface area contributed by atoms with E-state index in [1.807, 2.05) is 0 Å². The number of hydrogen-bond donors (Lipinski definition) is 2. The Kier molecular flexibility index (Phi) is 8.61. The molecule has 2 amide bonds. The lowest BCUT2D eigenvalue weighted by Crippen LogP contribution is -2.51. The molecule has 1 saturated carbocycles. The third-order valence-electron chi connectivity index (χ3n) is 4.24. The molecule has 1 fully saturated rings. The fourth-order valence-electron chi connectivity index (χ4n) is 3.11. The molecule has 0 bridgehead atoms. The van der Waals surface area contributed by atoms with Crippen LogP contribution >= 0.6 is 0 Å². The van der Waals surface area contributed by atoms with Gasteiger partial charge in [0.1, 0.15) is 18.2 Å². The third-order valence-corrected chi connectivity index (χ3v) is 4.24. The minimum absolute atomic E-state index is 0.319. The maximum Gasteiger partial charge on any atom is 0.408 e. The van der Waals surface area contributed by atoms with Gasteiger partial charge in [0.15, 0.2) is 0 Å². The largest absolute Gasteiger partial charge is 0.480 e. The Balaban J connectivity index is 2.83. The highest BCUT2D eigenvalue weighted by Gasteiger charge is 2.30. The fourth-order valence-corrected chi connectivity index (χ4v) is 3.11. The molecule has 1 aliphatic rings. The first-order chi connectivity index (χ1) is 12.1. The van der Waals surface area contributed by atoms with Gasteiger partial charge >= 0.3 is 12.1 Å². The van der Waals surface area contributed by atoms with Crippen LogP contribution in [0.1, 0.15) is 59.3 Å². The first-order valence-corrected chi connectivity index (χ1v) is 9.23. The molecule has 7 heteroatoms. The van der Waals surface area contributed by atoms with Gasteiger partial charge < -0.3 is 20.1 Å². The van der Waals surface area contributed by atoms with Crippen LogP contribution in [-0.4, -0.2) is 52.7 Å². The Morgan fingerprint density at radius 3 is 2.42 bits per heavy atom. The van der Waals surface area contributed by atoms with Crippen LogP contribution in [0.4, 0.5) is 4.79 Å². The smallest absolute Gasteiger partial charge is 0.408 e. The fraction of sp³-hybridized carbons (Fsp3) is 0.737. The van der Waals surface area contributed by atoms with Gasteiger partial charge in [0, 0.05) is 6.54 Å². The average molecular weight is 368 g/mol. The van der Waals surface area contributed by atoms with Gasteiger partial charge in [-0.25, -0.2) is 4.79 Å². The van der Waals surface area contributed by atoms with Crippen molar-refractivity contribution in [3.05, 3.63) is 12.7 Å². The summed E-state index contributed by atoms with van der Waals surface area (Å²) in [5.41, 5.74) is -0.680. The second-order valence-corrected chi connectivity index (χ2v) is 7.83. The van der Waals surface area contributed by atoms with Crippen molar-refractivity contribution in [2.45, 2.75) is 70.9 Å². The standard InChI is InChI=1S/C19H32N2O5/c1-5-6-11-15(20-18(25)26-19(2,3)4)17(24)21(13-16(22)23)12-14-9-7-8-10-14/h5,14-15H,1,6-13H2,2-4H3,(H,20,25)(H,22,23)/t15-/m0/s1. The Labute approximate surface area is 155 Å². The SMILES string of the molecule is C=CCC[C@H](NC(=O)OC(C)(C)C)C(=O)N(CC(=O)O)CC1CCCC1. The summed E-state index contributed by atoms with van der Waals surface area (Å²) < 4.78 is 5.23. The van der Waals surface area contributed by atoms with Crippen LogP contribution in [0, 0.1) is 5.92 Å². The van der Waals surface area contributed by atoms with E-state index in [1.165, 1.54) is 4.90 Å². The van der Waals surface area contributed by atoms with E-state index in [2.05, 4.69) is 11.9 Å². The highest BCUT2D eigenvalue weighted by Crippen LogP contribution is 2.25. The number of nitrogens with one attached hydrogen (secondary N) is 1. The molecule has 0 saturated heterocycles. The second-order valence-electron chi connectivity index (χ2n) is 7.83. The maximum atomic E-state index is 12.9. The van der Waals surface area contributed by atoms with E-state index in [0.717, 1.165) is 25.7 Å². The lowest BCUT2D eigenvalue weighted by Gasteiger charge is -2.29. The van der Waals surface area contributed by atoms with E-state index in [0.29, 0.717) is 25.3 Å². The van der Waals surface area contributed by atoms with Crippen molar-refractivity contribution in [1.82, 2.24) is 10.2 Å². The molecule has 0 unspecified atom stereocenters. The van der Waals surface area contributed by atoms with Crippen molar-refractivity contribution in [3.8, 4) is 0 Å². The first-order valence-electron chi connectivity index (χ1n) is 9.23. The molecule has 1 atom stereocenters. The molecule has 148 valence electrons. The normalized spacial score (nSPS) is 16.0. The van der Waals surface area contributed by atoms with E-state index >= 15 is 0 Å². The summed E-state index contributed by atoms with van der Waals surface area (Å²) in [5, 5.41) is 11.8. The number of carboxylic acids is 1. The average Bonchev–Trinajstić information content (AvgIpc) is 3.00. The minimum Gasteiger partial charge on any atom is -0.480 e. The quantitative estimate of drug-likeness (QED) is 0.610. The van der Waals surface area contributed by atoms with Gasteiger partial charge in [0.2, 0.25) is 5.91 Å². The van der Waals surface area contributed by atoms with Gasteiger partial charge in [-0.2, -0.15) is 0 Å². The van der Waals surface area contributed by atoms with Gasteiger partial charge in [-0.15, -0.1) is 6.58 Å². The van der Waals surface area contributed by atoms with Gasteiger partial charge in [-0.1, -0.05) is 18.9 Å². The van der Waals surface area contributed by atoms with E-state index in [-0.39, 0.29) is 12.5 Å². The third kappa shape index (κ3) is 8.36. The predicted molar refractivity (Wildman–Crippen MR) is 98.8 cm³/mol. The van der Waals surface area contributed by atoms with Crippen LogP contribution in [0.5, 0.6) is 0 Å². The molecule has 26 heavy (non-hydrogen) atoms. The zero-order valence-corrected chi connectivity index (χ0v) is 16.1. The van der Waals surface area contributed by atoms with Crippen molar-refractivity contribution < 1.29 is 24.2 Å². The van der Waals surface area contributed by atoms with Crippen molar-refractivity contribution in [3.63, 3.8) is 0 Å². The molecule has 0 aromatic carbocycles. The van der Waals surface area contributed by atoms with Crippen LogP contribution in [0.3, 0.4) is 0 Å². The molecule has 2 N–H and O–H groups in total. The summed E-state index contributed by atoms with van der Waals surface area (Å²) in [6, 6.07) is -0.830. The molecule has 0 heterocycles. The number of hydrogen-bond acceptors (Lipinski definition) is 4. The van der Waals surface area contributed by atoms with E-state index < -0.39 is 23.7 Å². The number of carbonyl (C=O) groups is 3. The highest BCUT2D eigenvalue weighted by atomic mass is 16.6. The molecule has 1 rings (SSSR count). The Hall–Kier alpha value is -2.05. The highest BCUT2D eigenvalue weighted by molar-refractivity contribution is 5.88. The van der Waals surface area contributed by atoms with Gasteiger partial charge in [0.05, 0.1) is 0 Å². The first kappa shape index (κ1) is 22.0. The summed E-state index contributed by atoms with van der Waals surface area (Å²) in [5.74, 6) is -1.12. The summed E-state index contributed by atoms with van der Waals surface area (Å²) >= 11 is 0. The van der Waals surface area contributed by atoms with E-state index in [9.17, 15) is 19.5 Å². The topological polar surface area (TPSA) is 95.9 Å². The summed E-state index contributed by atoms with van der Waals surface area (Å²) in [4.78, 5) is 37.6. The Bertz CT molecular complexity index is 507. The zero-order valence-electron chi connectivity index (χ0n) is 16.1. The monoisotopic (exact) mass is 368 g/mol. The van der Waals surface area contributed by atoms with Crippen LogP contribution in [0.15, 0.2) is 12.7 Å². The number of aliphatic carboxylic acids is 1. The Morgan fingerprint density at radius 1 is 1.31 bits per heavy atom. The second kappa shape index (κ2) is 10.2. The maximum absolute atomic E-state index is 12.9. The molecule has 7 nitrogen and oxygen atoms in total. The molecule has 0 aliphatic heterocycles. The van der Waals surface area contributed by atoms with Crippen molar-refractivity contribution in [2.75, 3.05) is 13.1 Å². The van der Waals surface area contributed by atoms with Gasteiger partial charge in [-0.05, 0) is 52.4 Å². The number of rotatable bonds is 9. The summed E-state index contributed by atoms with van der Waals surface area (Å²) in [6.07, 6.45) is 6.07. The van der Waals surface area contributed by atoms with Crippen molar-refractivity contribution in [1.29, 1.82) is 0 Å². The molecular weight excluding hydrogens is 336 g/mol. The van der Waals surface area contributed by atoms with Crippen LogP contribution in [0.2, 0.25) is 0 Å². The molecule has 0 radical (unpaired) electrons. The molecule has 1 aliphatic carbocycles. The number of ether oxygens (including phenoxy) is 1. The molecule has 0 aromatic heterocycles. The van der Waals surface area contributed by atoms with Gasteiger partial charge in [-0.3, -0.25) is 9.59 Å². The van der Waals surface area contributed by atoms with Crippen LogP contribution < -0.4 is 5.32 Å². The zero-order chi connectivity index (χ0) is 19.7. The number of carboxylic acid groups (broad SMARTS) is 1. The summed E-state index contributed by atoms with van der Waals surface area (Å²) in [6.45, 7) is 8.91. The lowest BCUT2D eigenvalue weighted by molar-refractivity contribution is -0.145. The van der Waals surface area contributed by atoms with Crippen molar-refractivity contribution >= 4 is 18.0 Å². The molecule has 0 aromatic rings. The van der Waals surface area contributed by atoms with Crippen LogP contribution in [0.25, 0.3) is 0 Å². The molecular formula is C19H32N2O5. The number of nitrogens with zero attached hydrogens (tertiary/aromatic N) is 1. The van der Waals surface area contributed by atoms with E-state index in [1.54, 1.807) is 26.8 Å². The van der Waals surface area contributed by atoms with E-state index in [4.69, 9.17) is 4.74 Å². The number of carbonyl (C=O) groups excluding carboxylic acids is 2.